The highest BCUT2D eigenvalue weighted by molar-refractivity contribution is 7.09. The smallest absolute Gasteiger partial charge is 0.357 e. The molecule has 1 heterocycles. The molecule has 0 saturated carbocycles. The molecule has 1 aromatic rings. The summed E-state index contributed by atoms with van der Waals surface area (Å²) in [6.45, 7) is 13.7. The van der Waals surface area contributed by atoms with Crippen molar-refractivity contribution in [3.8, 4) is 0 Å². The van der Waals surface area contributed by atoms with E-state index in [1.165, 1.54) is 11.3 Å². The van der Waals surface area contributed by atoms with Crippen LogP contribution in [0.15, 0.2) is 5.38 Å². The summed E-state index contributed by atoms with van der Waals surface area (Å²) in [4.78, 5) is 44.2. The molecule has 35 heavy (non-hydrogen) atoms. The summed E-state index contributed by atoms with van der Waals surface area (Å²) in [5, 5.41) is 2.04. The number of amides is 1. The van der Waals surface area contributed by atoms with Crippen LogP contribution in [0.2, 0.25) is 0 Å². The number of nitrogens with zero attached hydrogens (tertiary/aromatic N) is 2. The molecule has 0 fully saturated rings. The van der Waals surface area contributed by atoms with Crippen molar-refractivity contribution >= 4 is 29.2 Å². The first-order valence-electron chi connectivity index (χ1n) is 12.5. The molecular formula is C25H44N4O5S. The number of carbonyl (C=O) groups is 3. The summed E-state index contributed by atoms with van der Waals surface area (Å²) in [6, 6.07) is -1.70. The topological polar surface area (TPSA) is 138 Å². The molecule has 10 heteroatoms. The van der Waals surface area contributed by atoms with Gasteiger partial charge in [0.1, 0.15) is 11.0 Å². The molecule has 9 nitrogen and oxygen atoms in total. The number of carbonyl (C=O) groups excluding carboxylic acids is 3. The maximum atomic E-state index is 13.1. The Hall–Kier alpha value is -2.04. The molecule has 0 saturated heterocycles. The molecule has 1 aromatic heterocycles. The Morgan fingerprint density at radius 2 is 1.60 bits per heavy atom. The molecule has 0 spiro atoms. The highest BCUT2D eigenvalue weighted by Crippen LogP contribution is 2.31. The SMILES string of the molecule is CCOC(=O)c1csc([C@@H](C[C@H](C(C)C)N(C)C(=O)[C@@H](N)[C@@H](C)CC)OC(=O)[C@H](N)[C@@H](C)CC)n1. The van der Waals surface area contributed by atoms with Crippen LogP contribution in [-0.4, -0.2) is 59.5 Å². The molecule has 0 aliphatic carbocycles. The Bertz CT molecular complexity index is 831. The zero-order chi connectivity index (χ0) is 26.9. The van der Waals surface area contributed by atoms with Crippen LogP contribution >= 0.6 is 11.3 Å². The van der Waals surface area contributed by atoms with Gasteiger partial charge in [-0.15, -0.1) is 11.3 Å². The Morgan fingerprint density at radius 3 is 2.11 bits per heavy atom. The van der Waals surface area contributed by atoms with Gasteiger partial charge in [0.15, 0.2) is 11.8 Å². The van der Waals surface area contributed by atoms with Crippen molar-refractivity contribution in [1.29, 1.82) is 0 Å². The second-order valence-electron chi connectivity index (χ2n) is 9.54. The minimum atomic E-state index is -0.789. The standard InChI is InChI=1S/C25H44N4O5S/c1-9-15(6)20(26)23(30)29(8)18(14(4)5)12-19(34-25(32)21(27)16(7)10-2)22-28-17(13-35-22)24(31)33-11-3/h13-16,18-21H,9-12,26-27H2,1-8H3/t15-,16-,18+,19+,20-,21+/m0/s1. The molecule has 0 aliphatic rings. The van der Waals surface area contributed by atoms with E-state index in [9.17, 15) is 14.4 Å². The maximum absolute atomic E-state index is 13.1. The molecule has 0 aliphatic heterocycles. The van der Waals surface area contributed by atoms with E-state index in [1.54, 1.807) is 24.3 Å². The van der Waals surface area contributed by atoms with E-state index in [0.717, 1.165) is 12.8 Å². The first-order chi connectivity index (χ1) is 16.4. The number of ether oxygens (including phenoxy) is 2. The molecule has 1 amide bonds. The second kappa shape index (κ2) is 14.5. The molecule has 0 aromatic carbocycles. The van der Waals surface area contributed by atoms with Crippen LogP contribution in [0.25, 0.3) is 0 Å². The quantitative estimate of drug-likeness (QED) is 0.361. The van der Waals surface area contributed by atoms with Crippen molar-refractivity contribution in [2.75, 3.05) is 13.7 Å². The Morgan fingerprint density at radius 1 is 1.03 bits per heavy atom. The lowest BCUT2D eigenvalue weighted by Gasteiger charge is -2.36. The fourth-order valence-electron chi connectivity index (χ4n) is 3.63. The lowest BCUT2D eigenvalue weighted by Crippen LogP contribution is -2.51. The number of rotatable bonds is 14. The Labute approximate surface area is 213 Å². The van der Waals surface area contributed by atoms with Crippen LogP contribution in [-0.2, 0) is 19.1 Å². The highest BCUT2D eigenvalue weighted by Gasteiger charge is 2.35. The van der Waals surface area contributed by atoms with Crippen LogP contribution < -0.4 is 11.5 Å². The monoisotopic (exact) mass is 512 g/mol. The van der Waals surface area contributed by atoms with Gasteiger partial charge < -0.3 is 25.8 Å². The summed E-state index contributed by atoms with van der Waals surface area (Å²) in [7, 11) is 1.73. The number of thiazole rings is 1. The summed E-state index contributed by atoms with van der Waals surface area (Å²) in [5.74, 6) is -1.22. The number of likely N-dealkylation sites (N-methyl/N-ethyl adjacent to an activating group) is 1. The van der Waals surface area contributed by atoms with Gasteiger partial charge in [-0.2, -0.15) is 0 Å². The van der Waals surface area contributed by atoms with E-state index >= 15 is 0 Å². The van der Waals surface area contributed by atoms with Crippen molar-refractivity contribution in [3.63, 3.8) is 0 Å². The van der Waals surface area contributed by atoms with Gasteiger partial charge in [0.2, 0.25) is 5.91 Å². The van der Waals surface area contributed by atoms with Crippen molar-refractivity contribution in [2.45, 2.75) is 92.0 Å². The largest absolute Gasteiger partial charge is 0.461 e. The number of esters is 2. The van der Waals surface area contributed by atoms with Crippen LogP contribution in [0.1, 0.15) is 89.3 Å². The highest BCUT2D eigenvalue weighted by atomic mass is 32.1. The molecule has 200 valence electrons. The van der Waals surface area contributed by atoms with Gasteiger partial charge >= 0.3 is 11.9 Å². The average Bonchev–Trinajstić information content (AvgIpc) is 3.33. The van der Waals surface area contributed by atoms with E-state index < -0.39 is 30.1 Å². The fraction of sp³-hybridized carbons (Fsp3) is 0.760. The van der Waals surface area contributed by atoms with E-state index in [1.807, 2.05) is 41.5 Å². The lowest BCUT2D eigenvalue weighted by atomic mass is 9.93. The van der Waals surface area contributed by atoms with Crippen LogP contribution in [0.3, 0.4) is 0 Å². The van der Waals surface area contributed by atoms with Gasteiger partial charge in [0, 0.05) is 24.9 Å². The van der Waals surface area contributed by atoms with E-state index in [-0.39, 0.29) is 42.0 Å². The van der Waals surface area contributed by atoms with Crippen LogP contribution in [0.5, 0.6) is 0 Å². The third-order valence-electron chi connectivity index (χ3n) is 6.68. The Kier molecular flexibility index (Phi) is 12.8. The Balaban J connectivity index is 3.28. The normalized spacial score (nSPS) is 16.7. The van der Waals surface area contributed by atoms with Gasteiger partial charge in [0.25, 0.3) is 0 Å². The molecule has 4 N–H and O–H groups in total. The number of nitrogens with two attached hydrogens (primary N) is 2. The third-order valence-corrected chi connectivity index (χ3v) is 7.62. The zero-order valence-corrected chi connectivity index (χ0v) is 23.3. The predicted octanol–water partition coefficient (Wildman–Crippen LogP) is 3.52. The number of hydrogen-bond donors (Lipinski definition) is 2. The zero-order valence-electron chi connectivity index (χ0n) is 22.4. The number of hydrogen-bond acceptors (Lipinski definition) is 9. The van der Waals surface area contributed by atoms with Gasteiger partial charge in [-0.05, 0) is 24.7 Å². The van der Waals surface area contributed by atoms with E-state index in [2.05, 4.69) is 4.98 Å². The van der Waals surface area contributed by atoms with Gasteiger partial charge in [-0.25, -0.2) is 9.78 Å². The maximum Gasteiger partial charge on any atom is 0.357 e. The van der Waals surface area contributed by atoms with E-state index in [4.69, 9.17) is 20.9 Å². The van der Waals surface area contributed by atoms with Crippen molar-refractivity contribution in [2.24, 2.45) is 29.2 Å². The van der Waals surface area contributed by atoms with Gasteiger partial charge in [-0.3, -0.25) is 9.59 Å². The minimum absolute atomic E-state index is 0.0333. The van der Waals surface area contributed by atoms with Crippen LogP contribution in [0, 0.1) is 17.8 Å². The predicted molar refractivity (Wildman–Crippen MR) is 138 cm³/mol. The first kappa shape index (κ1) is 31.0. The van der Waals surface area contributed by atoms with Crippen molar-refractivity contribution in [1.82, 2.24) is 9.88 Å². The second-order valence-corrected chi connectivity index (χ2v) is 10.4. The summed E-state index contributed by atoms with van der Waals surface area (Å²) in [5.41, 5.74) is 12.5. The van der Waals surface area contributed by atoms with Crippen molar-refractivity contribution in [3.05, 3.63) is 16.1 Å². The minimum Gasteiger partial charge on any atom is -0.461 e. The third kappa shape index (κ3) is 8.54. The first-order valence-corrected chi connectivity index (χ1v) is 13.4. The molecule has 0 radical (unpaired) electrons. The summed E-state index contributed by atoms with van der Waals surface area (Å²) < 4.78 is 10.9. The van der Waals surface area contributed by atoms with E-state index in [0.29, 0.717) is 11.4 Å². The molecule has 1 rings (SSSR count). The summed E-state index contributed by atoms with van der Waals surface area (Å²) >= 11 is 1.21. The van der Waals surface area contributed by atoms with Crippen LogP contribution in [0.4, 0.5) is 0 Å². The molecule has 6 atom stereocenters. The number of aromatic nitrogens is 1. The lowest BCUT2D eigenvalue weighted by molar-refractivity contribution is -0.154. The average molecular weight is 513 g/mol. The van der Waals surface area contributed by atoms with Gasteiger partial charge in [-0.1, -0.05) is 54.4 Å². The fourth-order valence-corrected chi connectivity index (χ4v) is 4.46. The van der Waals surface area contributed by atoms with Crippen molar-refractivity contribution < 1.29 is 23.9 Å². The summed E-state index contributed by atoms with van der Waals surface area (Å²) in [6.07, 6.45) is 1.02. The molecule has 0 unspecified atom stereocenters. The molecule has 0 bridgehead atoms. The molecular weight excluding hydrogens is 468 g/mol. The van der Waals surface area contributed by atoms with Gasteiger partial charge in [0.05, 0.1) is 12.6 Å².